The van der Waals surface area contributed by atoms with Crippen molar-refractivity contribution in [1.82, 2.24) is 20.4 Å². The molecule has 15 nitrogen and oxygen atoms in total. The molecule has 0 bridgehead atoms. The van der Waals surface area contributed by atoms with Crippen molar-refractivity contribution in [1.29, 1.82) is 0 Å². The Morgan fingerprint density at radius 2 is 1.13 bits per heavy atom. The van der Waals surface area contributed by atoms with E-state index in [-0.39, 0.29) is 36.4 Å². The molecule has 4 aromatic rings. The third-order valence-corrected chi connectivity index (χ3v) is 11.9. The first-order valence-electron chi connectivity index (χ1n) is 16.3. The molecule has 5 heterocycles. The van der Waals surface area contributed by atoms with E-state index in [1.54, 1.807) is 22.9 Å². The van der Waals surface area contributed by atoms with Crippen LogP contribution in [0.5, 0.6) is 0 Å². The van der Waals surface area contributed by atoms with Gasteiger partial charge in [0.25, 0.3) is 11.8 Å². The van der Waals surface area contributed by atoms with Crippen LogP contribution in [-0.4, -0.2) is 118 Å². The highest BCUT2D eigenvalue weighted by molar-refractivity contribution is 7.30. The number of nitrogens with zero attached hydrogens (tertiary/aromatic N) is 2. The van der Waals surface area contributed by atoms with Gasteiger partial charge in [-0.05, 0) is 80.6 Å². The minimum Gasteiger partial charge on any atom is -0.565 e. The molecular weight excluding hydrogens is 800 g/mol. The zero-order valence-corrected chi connectivity index (χ0v) is 33.8. The van der Waals surface area contributed by atoms with Crippen LogP contribution < -0.4 is 15.5 Å². The third kappa shape index (κ3) is 10.9. The second kappa shape index (κ2) is 20.3. The number of hydrogen-bond acceptors (Lipinski definition) is 17. The summed E-state index contributed by atoms with van der Waals surface area (Å²) in [5, 5.41) is 16.1. The number of amides is 2. The number of rotatable bonds is 9. The quantitative estimate of drug-likeness (QED) is 0.106. The molecule has 20 heteroatoms. The Morgan fingerprint density at radius 3 is 1.44 bits per heavy atom. The highest BCUT2D eigenvalue weighted by atomic mass is 32.1. The Hall–Kier alpha value is -3.72. The van der Waals surface area contributed by atoms with Gasteiger partial charge in [-0.25, -0.2) is 5.26 Å². The summed E-state index contributed by atoms with van der Waals surface area (Å²) in [6.07, 6.45) is 2.56. The monoisotopic (exact) mass is 838 g/mol. The highest BCUT2D eigenvalue weighted by Gasteiger charge is 2.35. The fraction of sp³-hybridized carbons (Fsp3) is 0.353. The van der Waals surface area contributed by atoms with Crippen molar-refractivity contribution < 1.29 is 54.3 Å². The normalized spacial score (nSPS) is 14.0. The number of likely N-dealkylation sites (N-methyl/N-ethyl adjacent to an activating group) is 2. The van der Waals surface area contributed by atoms with Crippen molar-refractivity contribution in [2.45, 2.75) is 12.8 Å². The Labute approximate surface area is 328 Å². The number of nitrogens with one attached hydrogen (secondary N) is 2. The average Bonchev–Trinajstić information content (AvgIpc) is 3.99. The molecule has 1 saturated heterocycles. The molecule has 7 rings (SSSR count). The molecule has 1 atom stereocenters. The van der Waals surface area contributed by atoms with Crippen LogP contribution >= 0.6 is 53.6 Å². The Kier molecular flexibility index (Phi) is 16.1. The second-order valence-corrected chi connectivity index (χ2v) is 16.6. The van der Waals surface area contributed by atoms with Crippen LogP contribution in [0.1, 0.15) is 94.6 Å². The van der Waals surface area contributed by atoms with E-state index in [2.05, 4.69) is 15.3 Å². The van der Waals surface area contributed by atoms with Crippen LogP contribution in [0.2, 0.25) is 0 Å². The molecule has 1 fully saturated rings. The van der Waals surface area contributed by atoms with Crippen molar-refractivity contribution in [3.63, 3.8) is 0 Å². The SMILES string of the molecule is C1CCOC1.CN(C)CCNC(=O)c1cc2c(s1)C(=O)c1ccsc1C2=O.CN(C)CCNC(=O)c1cc2c(s1)C(=O)c1ccsc1C2=O.O=[P+]([O-])OO.[HH]. The van der Waals surface area contributed by atoms with Crippen LogP contribution in [0.15, 0.2) is 35.0 Å². The van der Waals surface area contributed by atoms with Gasteiger partial charge >= 0.3 is 8.25 Å². The zero-order valence-electron chi connectivity index (χ0n) is 29.6. The Balaban J connectivity index is 0.000000233. The predicted octanol–water partition coefficient (Wildman–Crippen LogP) is 4.29. The van der Waals surface area contributed by atoms with Crippen LogP contribution in [0, 0.1) is 0 Å². The predicted molar refractivity (Wildman–Crippen MR) is 206 cm³/mol. The fourth-order valence-corrected chi connectivity index (χ4v) is 8.71. The molecule has 54 heavy (non-hydrogen) atoms. The number of carbonyl (C=O) groups excluding carboxylic acids is 6. The molecular formula is C34H39N4O11PS4. The van der Waals surface area contributed by atoms with Gasteiger partial charge in [-0.15, -0.1) is 45.3 Å². The van der Waals surface area contributed by atoms with Gasteiger partial charge in [0.05, 0.1) is 29.3 Å². The molecule has 3 N–H and O–H groups in total. The van der Waals surface area contributed by atoms with Gasteiger partial charge in [-0.3, -0.25) is 28.8 Å². The topological polar surface area (TPSA) is 212 Å². The molecule has 0 radical (unpaired) electrons. The lowest BCUT2D eigenvalue weighted by Gasteiger charge is -2.09. The van der Waals surface area contributed by atoms with E-state index in [9.17, 15) is 28.8 Å². The lowest BCUT2D eigenvalue weighted by atomic mass is 9.96. The summed E-state index contributed by atoms with van der Waals surface area (Å²) >= 11 is 4.71. The van der Waals surface area contributed by atoms with Gasteiger partial charge < -0.3 is 30.1 Å². The first-order chi connectivity index (χ1) is 25.7. The van der Waals surface area contributed by atoms with Crippen molar-refractivity contribution in [3.8, 4) is 0 Å². The fourth-order valence-electron chi connectivity index (χ4n) is 4.97. The summed E-state index contributed by atoms with van der Waals surface area (Å²) < 4.78 is 16.6. The zero-order chi connectivity index (χ0) is 39.5. The molecule has 0 saturated carbocycles. The maximum Gasteiger partial charge on any atom is 0.521 e. The first-order valence-corrected chi connectivity index (χ1v) is 20.7. The minimum absolute atomic E-state index is 0. The smallest absolute Gasteiger partial charge is 0.521 e. The van der Waals surface area contributed by atoms with Gasteiger partial charge in [0.1, 0.15) is 0 Å². The number of fused-ring (bicyclic) bond motifs is 4. The third-order valence-electron chi connectivity index (χ3n) is 7.63. The summed E-state index contributed by atoms with van der Waals surface area (Å²) in [6.45, 7) is 4.49. The lowest BCUT2D eigenvalue weighted by Crippen LogP contribution is -2.30. The van der Waals surface area contributed by atoms with Crippen LogP contribution in [0.4, 0.5) is 0 Å². The average molecular weight is 839 g/mol. The number of hydrogen-bond donors (Lipinski definition) is 3. The maximum absolute atomic E-state index is 12.4. The minimum atomic E-state index is -3.04. The number of thiophene rings is 4. The van der Waals surface area contributed by atoms with Gasteiger partial charge in [0.15, 0.2) is 0 Å². The molecule has 1 aliphatic heterocycles. The molecule has 3 aliphatic rings. The summed E-state index contributed by atoms with van der Waals surface area (Å²) in [5.74, 6) is -1.15. The van der Waals surface area contributed by atoms with Gasteiger partial charge in [0.2, 0.25) is 23.1 Å². The highest BCUT2D eigenvalue weighted by Crippen LogP contribution is 2.37. The molecule has 4 aromatic heterocycles. The summed E-state index contributed by atoms with van der Waals surface area (Å²) in [5.41, 5.74) is 1.60. The van der Waals surface area contributed by atoms with E-state index in [0.29, 0.717) is 64.6 Å². The maximum atomic E-state index is 12.4. The van der Waals surface area contributed by atoms with E-state index >= 15 is 0 Å². The first kappa shape index (κ1) is 43.0. The van der Waals surface area contributed by atoms with Crippen LogP contribution in [-0.2, 0) is 14.0 Å². The van der Waals surface area contributed by atoms with Gasteiger partial charge in [-0.2, -0.15) is 0 Å². The second-order valence-electron chi connectivity index (χ2n) is 12.1. The summed E-state index contributed by atoms with van der Waals surface area (Å²) in [6, 6.07) is 6.40. The lowest BCUT2D eigenvalue weighted by molar-refractivity contribution is -0.244. The van der Waals surface area contributed by atoms with Crippen molar-refractivity contribution in [2.75, 3.05) is 67.6 Å². The molecule has 1 unspecified atom stereocenters. The van der Waals surface area contributed by atoms with Crippen LogP contribution in [0.25, 0.3) is 0 Å². The van der Waals surface area contributed by atoms with E-state index in [4.69, 9.17) is 19.5 Å². The number of carbonyl (C=O) groups is 6. The van der Waals surface area contributed by atoms with Crippen molar-refractivity contribution in [2.24, 2.45) is 0 Å². The number of ketones is 4. The standard InChI is InChI=1S/2C15H14N2O3S2.C4H8O.HO4P.H2/c2*1-17(2)5-4-16-15(20)10-7-9-12(19)13-8(3-6-21-13)11(18)14(9)22-10;1-2-4-5-3-1;1-4-5(2)3;/h2*3,6-7H,4-5H2,1-2H3,(H,16,20);1-4H2;1H;1H. The van der Waals surface area contributed by atoms with Crippen molar-refractivity contribution in [3.05, 3.63) is 86.5 Å². The van der Waals surface area contributed by atoms with E-state index in [0.717, 1.165) is 49.0 Å². The van der Waals surface area contributed by atoms with Gasteiger partial charge in [0, 0.05) is 67.7 Å². The molecule has 2 aliphatic carbocycles. The molecule has 0 aromatic carbocycles. The largest absolute Gasteiger partial charge is 0.565 e. The molecule has 0 spiro atoms. The van der Waals surface area contributed by atoms with E-state index in [1.165, 1.54) is 47.6 Å². The van der Waals surface area contributed by atoms with E-state index in [1.807, 2.05) is 38.0 Å². The van der Waals surface area contributed by atoms with Crippen LogP contribution in [0.3, 0.4) is 0 Å². The van der Waals surface area contributed by atoms with Crippen molar-refractivity contribution >= 4 is 88.5 Å². The Bertz CT molecular complexity index is 1800. The summed E-state index contributed by atoms with van der Waals surface area (Å²) in [4.78, 5) is 89.1. The number of ether oxygens (including phenoxy) is 1. The Morgan fingerprint density at radius 1 is 0.759 bits per heavy atom. The van der Waals surface area contributed by atoms with Gasteiger partial charge in [-0.1, -0.05) is 0 Å². The molecule has 290 valence electrons. The van der Waals surface area contributed by atoms with E-state index < -0.39 is 8.25 Å². The molecule has 2 amide bonds. The summed E-state index contributed by atoms with van der Waals surface area (Å²) in [7, 11) is 4.65.